The van der Waals surface area contributed by atoms with Crippen molar-refractivity contribution < 1.29 is 19.1 Å². The zero-order chi connectivity index (χ0) is 13.0. The summed E-state index contributed by atoms with van der Waals surface area (Å²) in [5, 5.41) is 11.1. The van der Waals surface area contributed by atoms with E-state index in [2.05, 4.69) is 5.32 Å². The molecular weight excluding hydrogens is 227 g/mol. The number of carboxylic acid groups (broad SMARTS) is 1. The number of hydrogen-bond donors (Lipinski definition) is 3. The predicted molar refractivity (Wildman–Crippen MR) is 60.2 cm³/mol. The van der Waals surface area contributed by atoms with Gasteiger partial charge in [-0.2, -0.15) is 0 Å². The standard InChI is InChI=1S/C11H13FN2O3/c1-6(5-13)10(15)14-9-7(11(16)17)3-2-4-8(9)12/h2-4,6H,5,13H2,1H3,(H,14,15)(H,16,17). The predicted octanol–water partition coefficient (Wildman–Crippen LogP) is 1.06. The lowest BCUT2D eigenvalue weighted by atomic mass is 10.1. The van der Waals surface area contributed by atoms with E-state index in [9.17, 15) is 14.0 Å². The first kappa shape index (κ1) is 13.1. The summed E-state index contributed by atoms with van der Waals surface area (Å²) in [6.07, 6.45) is 0. The molecule has 0 aliphatic heterocycles. The van der Waals surface area contributed by atoms with Crippen LogP contribution in [0, 0.1) is 11.7 Å². The Labute approximate surface area is 97.4 Å². The highest BCUT2D eigenvalue weighted by atomic mass is 19.1. The summed E-state index contributed by atoms with van der Waals surface area (Å²) < 4.78 is 13.4. The first-order valence-electron chi connectivity index (χ1n) is 5.00. The number of amides is 1. The van der Waals surface area contributed by atoms with Crippen LogP contribution in [0.1, 0.15) is 17.3 Å². The number of rotatable bonds is 4. The maximum absolute atomic E-state index is 13.4. The third-order valence-electron chi connectivity index (χ3n) is 2.29. The third kappa shape index (κ3) is 3.01. The van der Waals surface area contributed by atoms with Crippen LogP contribution in [0.2, 0.25) is 0 Å². The highest BCUT2D eigenvalue weighted by Gasteiger charge is 2.18. The van der Waals surface area contributed by atoms with Crippen molar-refractivity contribution in [3.63, 3.8) is 0 Å². The molecule has 92 valence electrons. The first-order valence-corrected chi connectivity index (χ1v) is 5.00. The van der Waals surface area contributed by atoms with Crippen molar-refractivity contribution >= 4 is 17.6 Å². The van der Waals surface area contributed by atoms with Gasteiger partial charge in [-0.15, -0.1) is 0 Å². The van der Waals surface area contributed by atoms with Crippen LogP contribution in [0.5, 0.6) is 0 Å². The second-order valence-electron chi connectivity index (χ2n) is 3.59. The molecule has 6 heteroatoms. The van der Waals surface area contributed by atoms with Crippen LogP contribution < -0.4 is 11.1 Å². The molecule has 0 radical (unpaired) electrons. The van der Waals surface area contributed by atoms with Gasteiger partial charge in [0.05, 0.1) is 11.3 Å². The summed E-state index contributed by atoms with van der Waals surface area (Å²) in [5.41, 5.74) is 4.67. The normalized spacial score (nSPS) is 11.9. The van der Waals surface area contributed by atoms with E-state index in [1.165, 1.54) is 12.1 Å². The molecule has 0 saturated heterocycles. The van der Waals surface area contributed by atoms with E-state index in [1.54, 1.807) is 6.92 Å². The van der Waals surface area contributed by atoms with Crippen LogP contribution in [-0.2, 0) is 4.79 Å². The van der Waals surface area contributed by atoms with Crippen molar-refractivity contribution in [3.05, 3.63) is 29.6 Å². The molecule has 0 aliphatic carbocycles. The average Bonchev–Trinajstić information content (AvgIpc) is 2.30. The Hall–Kier alpha value is -1.95. The third-order valence-corrected chi connectivity index (χ3v) is 2.29. The smallest absolute Gasteiger partial charge is 0.337 e. The van der Waals surface area contributed by atoms with E-state index >= 15 is 0 Å². The van der Waals surface area contributed by atoms with Crippen molar-refractivity contribution in [1.82, 2.24) is 0 Å². The van der Waals surface area contributed by atoms with Crippen LogP contribution in [0.25, 0.3) is 0 Å². The maximum Gasteiger partial charge on any atom is 0.337 e. The Morgan fingerprint density at radius 3 is 2.71 bits per heavy atom. The highest BCUT2D eigenvalue weighted by molar-refractivity contribution is 6.01. The lowest BCUT2D eigenvalue weighted by molar-refractivity contribution is -0.119. The fraction of sp³-hybridized carbons (Fsp3) is 0.273. The molecule has 0 aliphatic rings. The Morgan fingerprint density at radius 1 is 1.53 bits per heavy atom. The largest absolute Gasteiger partial charge is 0.478 e. The maximum atomic E-state index is 13.4. The molecule has 1 atom stereocenters. The van der Waals surface area contributed by atoms with E-state index in [4.69, 9.17) is 10.8 Å². The average molecular weight is 240 g/mol. The van der Waals surface area contributed by atoms with Gasteiger partial charge < -0.3 is 16.2 Å². The number of anilines is 1. The number of carbonyl (C=O) groups excluding carboxylic acids is 1. The lowest BCUT2D eigenvalue weighted by Gasteiger charge is -2.12. The van der Waals surface area contributed by atoms with E-state index < -0.39 is 23.6 Å². The molecule has 0 bridgehead atoms. The molecule has 1 amide bonds. The van der Waals surface area contributed by atoms with Gasteiger partial charge in [0.15, 0.2) is 0 Å². The topological polar surface area (TPSA) is 92.4 Å². The fourth-order valence-corrected chi connectivity index (χ4v) is 1.18. The number of halogens is 1. The highest BCUT2D eigenvalue weighted by Crippen LogP contribution is 2.20. The van der Waals surface area contributed by atoms with Gasteiger partial charge in [-0.25, -0.2) is 9.18 Å². The van der Waals surface area contributed by atoms with Gasteiger partial charge in [-0.3, -0.25) is 4.79 Å². The van der Waals surface area contributed by atoms with E-state index in [-0.39, 0.29) is 17.8 Å². The van der Waals surface area contributed by atoms with Crippen molar-refractivity contribution in [2.45, 2.75) is 6.92 Å². The van der Waals surface area contributed by atoms with Crippen LogP contribution in [0.3, 0.4) is 0 Å². The molecule has 1 aromatic carbocycles. The molecular formula is C11H13FN2O3. The number of hydrogen-bond acceptors (Lipinski definition) is 3. The van der Waals surface area contributed by atoms with E-state index in [0.717, 1.165) is 6.07 Å². The number of nitrogens with one attached hydrogen (secondary N) is 1. The summed E-state index contributed by atoms with van der Waals surface area (Å²) >= 11 is 0. The fourth-order valence-electron chi connectivity index (χ4n) is 1.18. The van der Waals surface area contributed by atoms with Crippen molar-refractivity contribution in [2.75, 3.05) is 11.9 Å². The minimum atomic E-state index is -1.31. The van der Waals surface area contributed by atoms with Gasteiger partial charge >= 0.3 is 5.97 Å². The lowest BCUT2D eigenvalue weighted by Crippen LogP contribution is -2.27. The summed E-state index contributed by atoms with van der Waals surface area (Å²) in [7, 11) is 0. The number of nitrogens with two attached hydrogens (primary N) is 1. The Balaban J connectivity index is 3.05. The summed E-state index contributed by atoms with van der Waals surface area (Å²) in [4.78, 5) is 22.4. The van der Waals surface area contributed by atoms with E-state index in [1.807, 2.05) is 0 Å². The molecule has 1 unspecified atom stereocenters. The number of benzene rings is 1. The van der Waals surface area contributed by atoms with E-state index in [0.29, 0.717) is 0 Å². The van der Waals surface area contributed by atoms with Gasteiger partial charge in [0.2, 0.25) is 5.91 Å². The van der Waals surface area contributed by atoms with Crippen LogP contribution in [0.15, 0.2) is 18.2 Å². The van der Waals surface area contributed by atoms with Gasteiger partial charge in [0.1, 0.15) is 5.82 Å². The molecule has 0 fully saturated rings. The summed E-state index contributed by atoms with van der Waals surface area (Å²) in [6, 6.07) is 3.56. The molecule has 1 aromatic rings. The minimum Gasteiger partial charge on any atom is -0.478 e. The molecule has 17 heavy (non-hydrogen) atoms. The SMILES string of the molecule is CC(CN)C(=O)Nc1c(F)cccc1C(=O)O. The first-order chi connectivity index (χ1) is 7.97. The molecule has 0 heterocycles. The second kappa shape index (κ2) is 5.40. The van der Waals surface area contributed by atoms with Crippen LogP contribution >= 0.6 is 0 Å². The number of para-hydroxylation sites is 1. The molecule has 0 spiro atoms. The molecule has 4 N–H and O–H groups in total. The van der Waals surface area contributed by atoms with Crippen molar-refractivity contribution in [2.24, 2.45) is 11.7 Å². The number of aromatic carboxylic acids is 1. The van der Waals surface area contributed by atoms with Crippen LogP contribution in [0.4, 0.5) is 10.1 Å². The Morgan fingerprint density at radius 2 is 2.18 bits per heavy atom. The van der Waals surface area contributed by atoms with Gasteiger partial charge in [0, 0.05) is 12.5 Å². The molecule has 1 rings (SSSR count). The second-order valence-corrected chi connectivity index (χ2v) is 3.59. The van der Waals surface area contributed by atoms with Gasteiger partial charge in [0.25, 0.3) is 0 Å². The molecule has 5 nitrogen and oxygen atoms in total. The quantitative estimate of drug-likeness (QED) is 0.733. The summed E-state index contributed by atoms with van der Waals surface area (Å²) in [5.74, 6) is -3.13. The monoisotopic (exact) mass is 240 g/mol. The Kier molecular flexibility index (Phi) is 4.17. The van der Waals surface area contributed by atoms with Crippen molar-refractivity contribution in [1.29, 1.82) is 0 Å². The zero-order valence-corrected chi connectivity index (χ0v) is 9.24. The summed E-state index contributed by atoms with van der Waals surface area (Å²) in [6.45, 7) is 1.67. The van der Waals surface area contributed by atoms with Crippen molar-refractivity contribution in [3.8, 4) is 0 Å². The van der Waals surface area contributed by atoms with Gasteiger partial charge in [-0.05, 0) is 12.1 Å². The Bertz CT molecular complexity index is 448. The molecule has 0 aromatic heterocycles. The van der Waals surface area contributed by atoms with Gasteiger partial charge in [-0.1, -0.05) is 13.0 Å². The van der Waals surface area contributed by atoms with Crippen LogP contribution in [-0.4, -0.2) is 23.5 Å². The minimum absolute atomic E-state index is 0.0999. The zero-order valence-electron chi connectivity index (χ0n) is 9.24. The number of carbonyl (C=O) groups is 2. The molecule has 0 saturated carbocycles. The number of carboxylic acids is 1.